The Balaban J connectivity index is 1.57. The van der Waals surface area contributed by atoms with Crippen LogP contribution < -0.4 is 9.47 Å². The van der Waals surface area contributed by atoms with Gasteiger partial charge in [0.15, 0.2) is 16.7 Å². The van der Waals surface area contributed by atoms with E-state index in [1.54, 1.807) is 43.9 Å². The molecule has 3 aliphatic heterocycles. The summed E-state index contributed by atoms with van der Waals surface area (Å²) in [6, 6.07) is 14.4. The molecule has 2 amide bonds. The number of thioether (sulfide) groups is 1. The molecule has 1 unspecified atom stereocenters. The third kappa shape index (κ3) is 5.74. The average molecular weight is 591 g/mol. The molecule has 2 aromatic rings. The first-order chi connectivity index (χ1) is 20.4. The number of benzene rings is 2. The molecule has 0 spiro atoms. The summed E-state index contributed by atoms with van der Waals surface area (Å²) < 4.78 is 16.7. The summed E-state index contributed by atoms with van der Waals surface area (Å²) in [4.78, 5) is 49.4. The van der Waals surface area contributed by atoms with E-state index in [4.69, 9.17) is 19.2 Å². The molecule has 5 rings (SSSR count). The fourth-order valence-electron chi connectivity index (χ4n) is 5.36. The summed E-state index contributed by atoms with van der Waals surface area (Å²) in [5.74, 6) is 0.550. The Labute approximate surface area is 249 Å². The average Bonchev–Trinajstić information content (AvgIpc) is 3.42. The molecule has 0 aliphatic carbocycles. The summed E-state index contributed by atoms with van der Waals surface area (Å²) in [7, 11) is 3.13. The zero-order chi connectivity index (χ0) is 29.8. The van der Waals surface area contributed by atoms with Crippen LogP contribution in [0, 0.1) is 0 Å². The molecule has 42 heavy (non-hydrogen) atoms. The lowest BCUT2D eigenvalue weighted by molar-refractivity contribution is -0.139. The van der Waals surface area contributed by atoms with E-state index in [2.05, 4.69) is 0 Å². The van der Waals surface area contributed by atoms with Crippen LogP contribution in [-0.4, -0.2) is 84.7 Å². The van der Waals surface area contributed by atoms with Crippen LogP contribution in [-0.2, 0) is 19.1 Å². The highest BCUT2D eigenvalue weighted by Gasteiger charge is 2.43. The quantitative estimate of drug-likeness (QED) is 0.425. The van der Waals surface area contributed by atoms with Gasteiger partial charge in [-0.3, -0.25) is 9.59 Å². The van der Waals surface area contributed by atoms with Crippen molar-refractivity contribution < 1.29 is 28.6 Å². The van der Waals surface area contributed by atoms with Crippen molar-refractivity contribution >= 4 is 40.4 Å². The van der Waals surface area contributed by atoms with Crippen molar-refractivity contribution in [3.63, 3.8) is 0 Å². The van der Waals surface area contributed by atoms with Crippen LogP contribution in [0.25, 0.3) is 5.70 Å². The number of methoxy groups -OCH3 is 2. The number of rotatable bonds is 8. The number of piperazine rings is 1. The molecule has 1 atom stereocenters. The van der Waals surface area contributed by atoms with E-state index < -0.39 is 12.0 Å². The van der Waals surface area contributed by atoms with Crippen LogP contribution in [0.4, 0.5) is 0 Å². The molecule has 10 nitrogen and oxygen atoms in total. The minimum absolute atomic E-state index is 0.0106. The van der Waals surface area contributed by atoms with Gasteiger partial charge in [0.1, 0.15) is 0 Å². The van der Waals surface area contributed by atoms with Gasteiger partial charge in [-0.25, -0.2) is 9.79 Å². The maximum Gasteiger partial charge on any atom is 0.338 e. The largest absolute Gasteiger partial charge is 0.493 e. The van der Waals surface area contributed by atoms with Gasteiger partial charge in [-0.1, -0.05) is 48.2 Å². The number of esters is 1. The van der Waals surface area contributed by atoms with Crippen LogP contribution in [0.1, 0.15) is 37.4 Å². The highest BCUT2D eigenvalue weighted by Crippen LogP contribution is 2.48. The Kier molecular flexibility index (Phi) is 8.86. The molecule has 3 heterocycles. The predicted molar refractivity (Wildman–Crippen MR) is 161 cm³/mol. The van der Waals surface area contributed by atoms with Gasteiger partial charge in [0.25, 0.3) is 0 Å². The summed E-state index contributed by atoms with van der Waals surface area (Å²) in [6.07, 6.45) is 0.118. The van der Waals surface area contributed by atoms with E-state index in [1.807, 2.05) is 52.8 Å². The van der Waals surface area contributed by atoms with E-state index >= 15 is 0 Å². The molecule has 0 N–H and O–H groups in total. The minimum Gasteiger partial charge on any atom is -0.493 e. The maximum absolute atomic E-state index is 13.7. The number of aliphatic imine (C=N–C) groups is 1. The smallest absolute Gasteiger partial charge is 0.338 e. The van der Waals surface area contributed by atoms with Gasteiger partial charge in [-0.2, -0.15) is 0 Å². The molecule has 2 aromatic carbocycles. The Bertz CT molecular complexity index is 1460. The molecule has 1 fully saturated rings. The van der Waals surface area contributed by atoms with Crippen LogP contribution in [0.3, 0.4) is 0 Å². The fraction of sp³-hybridized carbons (Fsp3) is 0.355. The lowest BCUT2D eigenvalue weighted by atomic mass is 9.91. The Morgan fingerprint density at radius 1 is 0.952 bits per heavy atom. The third-order valence-electron chi connectivity index (χ3n) is 7.49. The number of nitrogens with zero attached hydrogens (tertiary/aromatic N) is 4. The van der Waals surface area contributed by atoms with Gasteiger partial charge in [-0.05, 0) is 30.0 Å². The number of amides is 2. The van der Waals surface area contributed by atoms with E-state index in [0.717, 1.165) is 16.8 Å². The number of amidine groups is 1. The Hall–Kier alpha value is -4.25. The van der Waals surface area contributed by atoms with Crippen LogP contribution in [0.2, 0.25) is 0 Å². The molecule has 220 valence electrons. The van der Waals surface area contributed by atoms with E-state index in [-0.39, 0.29) is 24.8 Å². The van der Waals surface area contributed by atoms with Gasteiger partial charge >= 0.3 is 5.97 Å². The second-order valence-electron chi connectivity index (χ2n) is 9.92. The number of hydrogen-bond acceptors (Lipinski definition) is 9. The fourth-order valence-corrected chi connectivity index (χ4v) is 6.28. The summed E-state index contributed by atoms with van der Waals surface area (Å²) >= 11 is 1.42. The first-order valence-electron chi connectivity index (χ1n) is 13.8. The summed E-state index contributed by atoms with van der Waals surface area (Å²) in [6.45, 7) is 5.48. The number of hydrogen-bond donors (Lipinski definition) is 0. The van der Waals surface area contributed by atoms with E-state index in [9.17, 15) is 14.4 Å². The monoisotopic (exact) mass is 590 g/mol. The van der Waals surface area contributed by atoms with E-state index in [1.165, 1.54) is 11.8 Å². The SMILES string of the molecule is CCOC(=O)C1=C(c2ccccc2)N=C2SC=C(CC(=O)N3CCN(C(C)=O)CC3)N2C1c1ccc(OC)c(OC)c1. The first-order valence-corrected chi connectivity index (χ1v) is 14.7. The number of carbonyl (C=O) groups is 3. The van der Waals surface area contributed by atoms with Gasteiger partial charge in [-0.15, -0.1) is 0 Å². The molecule has 0 aromatic heterocycles. The molecular weight excluding hydrogens is 556 g/mol. The zero-order valence-electron chi connectivity index (χ0n) is 24.2. The standard InChI is InChI=1S/C31H34N4O6S/c1-5-41-30(38)27-28(21-9-7-6-8-10-21)32-31-35(29(27)22-11-12-24(39-3)25(17-22)40-4)23(19-42-31)18-26(37)34-15-13-33(14-16-34)20(2)36/h6-12,17,19,29H,5,13-16,18H2,1-4H3. The van der Waals surface area contributed by atoms with E-state index in [0.29, 0.717) is 54.1 Å². The molecule has 1 saturated heterocycles. The lowest BCUT2D eigenvalue weighted by Gasteiger charge is -2.38. The second kappa shape index (κ2) is 12.7. The van der Waals surface area contributed by atoms with Crippen molar-refractivity contribution in [3.05, 3.63) is 76.3 Å². The second-order valence-corrected chi connectivity index (χ2v) is 10.8. The Morgan fingerprint density at radius 2 is 1.64 bits per heavy atom. The topological polar surface area (TPSA) is 101 Å². The molecule has 11 heteroatoms. The third-order valence-corrected chi connectivity index (χ3v) is 8.37. The molecule has 0 saturated carbocycles. The molecule has 0 bridgehead atoms. The first kappa shape index (κ1) is 29.2. The summed E-state index contributed by atoms with van der Waals surface area (Å²) in [5, 5.41) is 2.58. The molecule has 0 radical (unpaired) electrons. The van der Waals surface area contributed by atoms with Crippen molar-refractivity contribution in [3.8, 4) is 11.5 Å². The van der Waals surface area contributed by atoms with Crippen molar-refractivity contribution in [1.82, 2.24) is 14.7 Å². The van der Waals surface area contributed by atoms with Crippen molar-refractivity contribution in [2.24, 2.45) is 4.99 Å². The lowest BCUT2D eigenvalue weighted by Crippen LogP contribution is -2.50. The highest BCUT2D eigenvalue weighted by molar-refractivity contribution is 8.16. The molecular formula is C31H34N4O6S. The molecule has 3 aliphatic rings. The van der Waals surface area contributed by atoms with Crippen LogP contribution >= 0.6 is 11.8 Å². The van der Waals surface area contributed by atoms with Crippen molar-refractivity contribution in [1.29, 1.82) is 0 Å². The zero-order valence-corrected chi connectivity index (χ0v) is 25.0. The van der Waals surface area contributed by atoms with Gasteiger partial charge in [0.2, 0.25) is 11.8 Å². The number of ether oxygens (including phenoxy) is 3. The number of carbonyl (C=O) groups excluding carboxylic acids is 3. The maximum atomic E-state index is 13.7. The Morgan fingerprint density at radius 3 is 2.29 bits per heavy atom. The normalized spacial score (nSPS) is 18.3. The summed E-state index contributed by atoms with van der Waals surface area (Å²) in [5.41, 5.74) is 3.16. The van der Waals surface area contributed by atoms with Gasteiger partial charge in [0.05, 0.1) is 44.6 Å². The minimum atomic E-state index is -0.643. The van der Waals surface area contributed by atoms with Crippen molar-refractivity contribution in [2.45, 2.75) is 26.3 Å². The number of fused-ring (bicyclic) bond motifs is 1. The van der Waals surface area contributed by atoms with Gasteiger partial charge < -0.3 is 28.9 Å². The van der Waals surface area contributed by atoms with Gasteiger partial charge in [0, 0.05) is 44.4 Å². The predicted octanol–water partition coefficient (Wildman–Crippen LogP) is 4.06. The van der Waals surface area contributed by atoms with Crippen LogP contribution in [0.5, 0.6) is 11.5 Å². The highest BCUT2D eigenvalue weighted by atomic mass is 32.2. The van der Waals surface area contributed by atoms with Crippen LogP contribution in [0.15, 0.2) is 70.2 Å². The van der Waals surface area contributed by atoms with Crippen molar-refractivity contribution in [2.75, 3.05) is 47.0 Å².